The summed E-state index contributed by atoms with van der Waals surface area (Å²) in [5.74, 6) is -1.43. The molecule has 0 unspecified atom stereocenters. The Hall–Kier alpha value is -3.79. The van der Waals surface area contributed by atoms with E-state index < -0.39 is 29.7 Å². The molecule has 0 bridgehead atoms. The number of carbonyl (C=O) groups excluding carboxylic acids is 2. The molecule has 0 aliphatic rings. The lowest BCUT2D eigenvalue weighted by Crippen LogP contribution is -2.34. The van der Waals surface area contributed by atoms with Gasteiger partial charge in [0.15, 0.2) is 5.13 Å². The maximum Gasteiger partial charge on any atom is 0.275 e. The minimum absolute atomic E-state index is 0.140. The van der Waals surface area contributed by atoms with Gasteiger partial charge >= 0.3 is 0 Å². The van der Waals surface area contributed by atoms with Gasteiger partial charge in [0.1, 0.15) is 18.0 Å². The SMILES string of the molecule is COc1ccc2nc(NC(=O)Cn3nc(C(=O)[O-])c4ccccc4c3=O)sc2c1. The molecule has 4 rings (SSSR count). The monoisotopic (exact) mass is 409 g/mol. The Kier molecular flexibility index (Phi) is 4.69. The van der Waals surface area contributed by atoms with Crippen molar-refractivity contribution in [2.75, 3.05) is 12.4 Å². The molecule has 10 heteroatoms. The third-order valence-corrected chi connectivity index (χ3v) is 5.13. The number of rotatable bonds is 5. The maximum absolute atomic E-state index is 12.6. The van der Waals surface area contributed by atoms with Gasteiger partial charge in [-0.2, -0.15) is 5.10 Å². The van der Waals surface area contributed by atoms with E-state index in [1.165, 1.54) is 23.5 Å². The standard InChI is InChI=1S/C19H14N4O5S/c1-28-10-6-7-13-14(8-10)29-19(20-13)21-15(24)9-23-17(25)12-5-3-2-4-11(12)16(22-23)18(26)27/h2-8H,9H2,1H3,(H,26,27)(H,20,21,24)/p-1. The fraction of sp³-hybridized carbons (Fsp3) is 0.105. The largest absolute Gasteiger partial charge is 0.543 e. The van der Waals surface area contributed by atoms with Crippen molar-refractivity contribution < 1.29 is 19.4 Å². The highest BCUT2D eigenvalue weighted by Gasteiger charge is 2.15. The molecule has 9 nitrogen and oxygen atoms in total. The average Bonchev–Trinajstić information content (AvgIpc) is 3.10. The molecule has 0 aliphatic carbocycles. The second kappa shape index (κ2) is 7.32. The first-order chi connectivity index (χ1) is 14.0. The quantitative estimate of drug-likeness (QED) is 0.521. The van der Waals surface area contributed by atoms with Gasteiger partial charge in [-0.3, -0.25) is 9.59 Å². The summed E-state index contributed by atoms with van der Waals surface area (Å²) in [6.45, 7) is -0.469. The van der Waals surface area contributed by atoms with Crippen LogP contribution in [0.5, 0.6) is 5.75 Å². The summed E-state index contributed by atoms with van der Waals surface area (Å²) in [6, 6.07) is 11.5. The zero-order valence-corrected chi connectivity index (χ0v) is 15.9. The summed E-state index contributed by atoms with van der Waals surface area (Å²) in [5, 5.41) is 18.4. The summed E-state index contributed by atoms with van der Waals surface area (Å²) in [4.78, 5) is 40.7. The van der Waals surface area contributed by atoms with Crippen LogP contribution in [-0.2, 0) is 11.3 Å². The van der Waals surface area contributed by atoms with Crippen LogP contribution in [0, 0.1) is 0 Å². The van der Waals surface area contributed by atoms with E-state index in [-0.39, 0.29) is 10.8 Å². The number of benzene rings is 2. The van der Waals surface area contributed by atoms with Crippen molar-refractivity contribution in [1.29, 1.82) is 0 Å². The lowest BCUT2D eigenvalue weighted by atomic mass is 10.1. The van der Waals surface area contributed by atoms with Crippen LogP contribution in [0.2, 0.25) is 0 Å². The number of fused-ring (bicyclic) bond motifs is 2. The Morgan fingerprint density at radius 1 is 1.21 bits per heavy atom. The van der Waals surface area contributed by atoms with Gasteiger partial charge in [0, 0.05) is 5.39 Å². The first-order valence-corrected chi connectivity index (χ1v) is 9.23. The number of anilines is 1. The summed E-state index contributed by atoms with van der Waals surface area (Å²) in [6.07, 6.45) is 0. The molecule has 146 valence electrons. The van der Waals surface area contributed by atoms with Gasteiger partial charge < -0.3 is 20.0 Å². The number of carbonyl (C=O) groups is 2. The molecule has 0 atom stereocenters. The van der Waals surface area contributed by atoms with Gasteiger partial charge in [-0.15, -0.1) is 0 Å². The van der Waals surface area contributed by atoms with E-state index in [2.05, 4.69) is 15.4 Å². The molecule has 2 heterocycles. The van der Waals surface area contributed by atoms with E-state index in [4.69, 9.17) is 4.74 Å². The number of hydrogen-bond donors (Lipinski definition) is 1. The molecule has 0 aliphatic heterocycles. The number of aromatic carboxylic acids is 1. The molecular weight excluding hydrogens is 396 g/mol. The Morgan fingerprint density at radius 3 is 2.69 bits per heavy atom. The fourth-order valence-electron chi connectivity index (χ4n) is 2.87. The van der Waals surface area contributed by atoms with Crippen LogP contribution in [0.4, 0.5) is 5.13 Å². The highest BCUT2D eigenvalue weighted by Crippen LogP contribution is 2.29. The normalized spacial score (nSPS) is 10.9. The number of thiazole rings is 1. The van der Waals surface area contributed by atoms with Crippen LogP contribution in [0.15, 0.2) is 47.3 Å². The molecule has 2 aromatic heterocycles. The van der Waals surface area contributed by atoms with Crippen molar-refractivity contribution in [3.8, 4) is 5.75 Å². The Bertz CT molecular complexity index is 1330. The smallest absolute Gasteiger partial charge is 0.275 e. The number of nitrogens with one attached hydrogen (secondary N) is 1. The topological polar surface area (TPSA) is 126 Å². The van der Waals surface area contributed by atoms with Gasteiger partial charge in [0.05, 0.1) is 28.7 Å². The van der Waals surface area contributed by atoms with E-state index in [1.54, 1.807) is 37.4 Å². The third-order valence-electron chi connectivity index (χ3n) is 4.20. The van der Waals surface area contributed by atoms with Gasteiger partial charge in [-0.1, -0.05) is 29.5 Å². The second-order valence-corrected chi connectivity index (χ2v) is 7.08. The molecule has 0 spiro atoms. The molecule has 0 radical (unpaired) electrons. The van der Waals surface area contributed by atoms with Crippen LogP contribution in [0.3, 0.4) is 0 Å². The zero-order valence-electron chi connectivity index (χ0n) is 15.0. The third kappa shape index (κ3) is 3.52. The minimum atomic E-state index is -1.53. The van der Waals surface area contributed by atoms with Gasteiger partial charge in [0.2, 0.25) is 5.91 Å². The van der Waals surface area contributed by atoms with Crippen molar-refractivity contribution in [2.24, 2.45) is 0 Å². The van der Waals surface area contributed by atoms with E-state index in [9.17, 15) is 19.5 Å². The van der Waals surface area contributed by atoms with Gasteiger partial charge in [0.25, 0.3) is 5.56 Å². The van der Waals surface area contributed by atoms with Gasteiger partial charge in [-0.25, -0.2) is 9.67 Å². The second-order valence-electron chi connectivity index (χ2n) is 6.05. The number of carboxylic acid groups (broad SMARTS) is 1. The van der Waals surface area contributed by atoms with Crippen molar-refractivity contribution in [1.82, 2.24) is 14.8 Å². The molecule has 0 saturated heterocycles. The van der Waals surface area contributed by atoms with Crippen LogP contribution >= 0.6 is 11.3 Å². The first kappa shape index (κ1) is 18.6. The van der Waals surface area contributed by atoms with Gasteiger partial charge in [-0.05, 0) is 24.3 Å². The summed E-state index contributed by atoms with van der Waals surface area (Å²) >= 11 is 1.25. The van der Waals surface area contributed by atoms with Crippen LogP contribution in [0.1, 0.15) is 10.5 Å². The lowest BCUT2D eigenvalue weighted by molar-refractivity contribution is -0.255. The summed E-state index contributed by atoms with van der Waals surface area (Å²) in [7, 11) is 1.56. The first-order valence-electron chi connectivity index (χ1n) is 8.42. The van der Waals surface area contributed by atoms with Crippen LogP contribution in [-0.4, -0.2) is 33.8 Å². The Labute approximate surface area is 167 Å². The number of aromatic nitrogens is 3. The van der Waals surface area contributed by atoms with E-state index in [0.29, 0.717) is 16.4 Å². The minimum Gasteiger partial charge on any atom is -0.543 e. The average molecular weight is 409 g/mol. The predicted molar refractivity (Wildman–Crippen MR) is 105 cm³/mol. The summed E-state index contributed by atoms with van der Waals surface area (Å²) in [5.41, 5.74) is -0.291. The number of amides is 1. The van der Waals surface area contributed by atoms with Crippen LogP contribution in [0.25, 0.3) is 21.0 Å². The molecule has 29 heavy (non-hydrogen) atoms. The molecule has 2 aromatic carbocycles. The zero-order chi connectivity index (χ0) is 20.5. The molecule has 1 N–H and O–H groups in total. The van der Waals surface area contributed by atoms with E-state index in [0.717, 1.165) is 9.38 Å². The van der Waals surface area contributed by atoms with E-state index >= 15 is 0 Å². The number of hydrogen-bond acceptors (Lipinski definition) is 8. The molecule has 1 amide bonds. The van der Waals surface area contributed by atoms with Crippen LogP contribution < -0.4 is 20.7 Å². The lowest BCUT2D eigenvalue weighted by Gasteiger charge is -2.11. The molecule has 0 fully saturated rings. The van der Waals surface area contributed by atoms with Crippen molar-refractivity contribution in [3.63, 3.8) is 0 Å². The fourth-order valence-corrected chi connectivity index (χ4v) is 3.78. The highest BCUT2D eigenvalue weighted by molar-refractivity contribution is 7.22. The Balaban J connectivity index is 1.63. The number of methoxy groups -OCH3 is 1. The van der Waals surface area contributed by atoms with Crippen molar-refractivity contribution in [3.05, 3.63) is 58.5 Å². The molecule has 4 aromatic rings. The number of carboxylic acids is 1. The molecule has 0 saturated carbocycles. The highest BCUT2D eigenvalue weighted by atomic mass is 32.1. The van der Waals surface area contributed by atoms with E-state index in [1.807, 2.05) is 0 Å². The van der Waals surface area contributed by atoms with Crippen molar-refractivity contribution >= 4 is 49.3 Å². The molecular formula is C19H13N4O5S-. The summed E-state index contributed by atoms with van der Waals surface area (Å²) < 4.78 is 6.79. The number of ether oxygens (including phenoxy) is 1. The number of nitrogens with zero attached hydrogens (tertiary/aromatic N) is 3. The Morgan fingerprint density at radius 2 is 1.97 bits per heavy atom. The predicted octanol–water partition coefficient (Wildman–Crippen LogP) is 1.02. The maximum atomic E-state index is 12.6. The van der Waals surface area contributed by atoms with Crippen molar-refractivity contribution in [2.45, 2.75) is 6.54 Å².